The highest BCUT2D eigenvalue weighted by Gasteiger charge is 2.23. The summed E-state index contributed by atoms with van der Waals surface area (Å²) in [5.74, 6) is 0.556. The summed E-state index contributed by atoms with van der Waals surface area (Å²) in [6.07, 6.45) is 4.95. The Bertz CT molecular complexity index is 824. The highest BCUT2D eigenvalue weighted by atomic mass is 79.9. The summed E-state index contributed by atoms with van der Waals surface area (Å²) < 4.78 is 3.02. The van der Waals surface area contributed by atoms with E-state index < -0.39 is 0 Å². The van der Waals surface area contributed by atoms with Crippen LogP contribution in [0.4, 0.5) is 5.95 Å². The Kier molecular flexibility index (Phi) is 2.96. The van der Waals surface area contributed by atoms with Crippen LogP contribution >= 0.6 is 15.9 Å². The molecule has 2 heterocycles. The number of aryl methyl sites for hydroxylation is 1. The molecule has 1 atom stereocenters. The lowest BCUT2D eigenvalue weighted by Crippen LogP contribution is -2.20. The van der Waals surface area contributed by atoms with Crippen molar-refractivity contribution in [2.75, 3.05) is 5.73 Å². The summed E-state index contributed by atoms with van der Waals surface area (Å²) in [6, 6.07) is 10.9. The summed E-state index contributed by atoms with van der Waals surface area (Å²) in [5, 5.41) is 0. The van der Waals surface area contributed by atoms with E-state index in [-0.39, 0.29) is 0 Å². The third-order valence-corrected chi connectivity index (χ3v) is 4.64. The first-order chi connectivity index (χ1) is 10.2. The molecule has 4 nitrogen and oxygen atoms in total. The second-order valence-corrected chi connectivity index (χ2v) is 6.42. The summed E-state index contributed by atoms with van der Waals surface area (Å²) in [5.41, 5.74) is 10.7. The van der Waals surface area contributed by atoms with Gasteiger partial charge in [-0.3, -0.25) is 4.57 Å². The number of hydrogen-bond donors (Lipinski definition) is 1. The first kappa shape index (κ1) is 12.8. The van der Waals surface area contributed by atoms with Gasteiger partial charge < -0.3 is 5.73 Å². The van der Waals surface area contributed by atoms with Crippen LogP contribution < -0.4 is 5.73 Å². The monoisotopic (exact) mass is 342 g/mol. The van der Waals surface area contributed by atoms with Crippen molar-refractivity contribution in [3.63, 3.8) is 0 Å². The van der Waals surface area contributed by atoms with Crippen molar-refractivity contribution in [3.8, 4) is 0 Å². The Labute approximate surface area is 131 Å². The zero-order valence-electron chi connectivity index (χ0n) is 11.5. The quantitative estimate of drug-likeness (QED) is 0.736. The van der Waals surface area contributed by atoms with Crippen LogP contribution in [-0.4, -0.2) is 14.5 Å². The molecule has 1 aliphatic rings. The number of pyridine rings is 1. The Morgan fingerprint density at radius 2 is 2.05 bits per heavy atom. The molecule has 1 aromatic carbocycles. The predicted molar refractivity (Wildman–Crippen MR) is 87.1 cm³/mol. The fourth-order valence-electron chi connectivity index (χ4n) is 3.23. The van der Waals surface area contributed by atoms with E-state index in [1.165, 1.54) is 11.1 Å². The third kappa shape index (κ3) is 2.12. The molecule has 2 aromatic heterocycles. The Hall–Kier alpha value is -1.88. The number of benzene rings is 1. The van der Waals surface area contributed by atoms with Crippen LogP contribution in [-0.2, 0) is 12.8 Å². The number of fused-ring (bicyclic) bond motifs is 2. The largest absolute Gasteiger partial charge is 0.369 e. The molecule has 0 fully saturated rings. The molecule has 21 heavy (non-hydrogen) atoms. The van der Waals surface area contributed by atoms with Crippen molar-refractivity contribution in [3.05, 3.63) is 52.1 Å². The summed E-state index contributed by atoms with van der Waals surface area (Å²) in [7, 11) is 0. The number of nitrogens with two attached hydrogens (primary N) is 1. The molecule has 1 unspecified atom stereocenters. The molecular formula is C16H15BrN4. The molecular weight excluding hydrogens is 328 g/mol. The van der Waals surface area contributed by atoms with Crippen molar-refractivity contribution in [2.24, 2.45) is 0 Å². The van der Waals surface area contributed by atoms with Gasteiger partial charge in [0, 0.05) is 16.7 Å². The van der Waals surface area contributed by atoms with Crippen molar-refractivity contribution >= 4 is 33.0 Å². The minimum Gasteiger partial charge on any atom is -0.369 e. The molecule has 0 bridgehead atoms. The Morgan fingerprint density at radius 1 is 1.24 bits per heavy atom. The SMILES string of the molecule is Nc1nc2cc(Br)cnc2n1C1CCc2ccccc2C1. The highest BCUT2D eigenvalue weighted by molar-refractivity contribution is 9.10. The fraction of sp³-hybridized carbons (Fsp3) is 0.250. The molecule has 106 valence electrons. The molecule has 2 N–H and O–H groups in total. The maximum absolute atomic E-state index is 6.15. The normalized spacial score (nSPS) is 17.9. The van der Waals surface area contributed by atoms with Gasteiger partial charge in [-0.15, -0.1) is 0 Å². The van der Waals surface area contributed by atoms with E-state index in [0.29, 0.717) is 12.0 Å². The zero-order chi connectivity index (χ0) is 14.4. The van der Waals surface area contributed by atoms with Gasteiger partial charge in [-0.2, -0.15) is 0 Å². The van der Waals surface area contributed by atoms with Gasteiger partial charge in [0.05, 0.1) is 0 Å². The minimum atomic E-state index is 0.332. The van der Waals surface area contributed by atoms with Crippen LogP contribution in [0.3, 0.4) is 0 Å². The molecule has 0 amide bonds. The lowest BCUT2D eigenvalue weighted by molar-refractivity contribution is 0.455. The van der Waals surface area contributed by atoms with Gasteiger partial charge in [-0.25, -0.2) is 9.97 Å². The molecule has 0 saturated carbocycles. The smallest absolute Gasteiger partial charge is 0.202 e. The van der Waals surface area contributed by atoms with Crippen molar-refractivity contribution in [2.45, 2.75) is 25.3 Å². The molecule has 0 spiro atoms. The van der Waals surface area contributed by atoms with E-state index in [1.807, 2.05) is 6.07 Å². The number of hydrogen-bond acceptors (Lipinski definition) is 3. The summed E-state index contributed by atoms with van der Waals surface area (Å²) in [6.45, 7) is 0. The van der Waals surface area contributed by atoms with Gasteiger partial charge in [0.1, 0.15) is 5.52 Å². The van der Waals surface area contributed by atoms with Crippen LogP contribution in [0.2, 0.25) is 0 Å². The number of halogens is 1. The second kappa shape index (κ2) is 4.84. The van der Waals surface area contributed by atoms with Crippen LogP contribution in [0.1, 0.15) is 23.6 Å². The van der Waals surface area contributed by atoms with Gasteiger partial charge in [0.25, 0.3) is 0 Å². The van der Waals surface area contributed by atoms with E-state index >= 15 is 0 Å². The van der Waals surface area contributed by atoms with Gasteiger partial charge >= 0.3 is 0 Å². The Balaban J connectivity index is 1.79. The van der Waals surface area contributed by atoms with Crippen LogP contribution in [0.5, 0.6) is 0 Å². The zero-order valence-corrected chi connectivity index (χ0v) is 13.0. The lowest BCUT2D eigenvalue weighted by atomic mass is 9.88. The maximum atomic E-state index is 6.15. The van der Waals surface area contributed by atoms with Crippen LogP contribution in [0.25, 0.3) is 11.2 Å². The van der Waals surface area contributed by atoms with Gasteiger partial charge in [-0.05, 0) is 52.4 Å². The van der Waals surface area contributed by atoms with Crippen LogP contribution in [0, 0.1) is 0 Å². The Morgan fingerprint density at radius 3 is 2.90 bits per heavy atom. The molecule has 4 rings (SSSR count). The van der Waals surface area contributed by atoms with E-state index in [4.69, 9.17) is 5.73 Å². The van der Waals surface area contributed by atoms with Gasteiger partial charge in [0.15, 0.2) is 5.65 Å². The summed E-state index contributed by atoms with van der Waals surface area (Å²) in [4.78, 5) is 8.96. The number of aromatic nitrogens is 3. The number of imidazole rings is 1. The van der Waals surface area contributed by atoms with E-state index in [9.17, 15) is 0 Å². The number of rotatable bonds is 1. The first-order valence-corrected chi connectivity index (χ1v) is 7.87. The van der Waals surface area contributed by atoms with Gasteiger partial charge in [0.2, 0.25) is 5.95 Å². The topological polar surface area (TPSA) is 56.7 Å². The molecule has 3 aromatic rings. The third-order valence-electron chi connectivity index (χ3n) is 4.21. The molecule has 0 aliphatic heterocycles. The maximum Gasteiger partial charge on any atom is 0.202 e. The average Bonchev–Trinajstić information content (AvgIpc) is 2.81. The van der Waals surface area contributed by atoms with E-state index in [2.05, 4.69) is 54.7 Å². The minimum absolute atomic E-state index is 0.332. The molecule has 0 radical (unpaired) electrons. The van der Waals surface area contributed by atoms with E-state index in [1.54, 1.807) is 6.20 Å². The van der Waals surface area contributed by atoms with Crippen molar-refractivity contribution in [1.29, 1.82) is 0 Å². The number of nitrogens with zero attached hydrogens (tertiary/aromatic N) is 3. The average molecular weight is 343 g/mol. The molecule has 0 saturated heterocycles. The van der Waals surface area contributed by atoms with Gasteiger partial charge in [-0.1, -0.05) is 24.3 Å². The first-order valence-electron chi connectivity index (χ1n) is 7.08. The highest BCUT2D eigenvalue weighted by Crippen LogP contribution is 2.33. The summed E-state index contributed by atoms with van der Waals surface area (Å²) >= 11 is 3.43. The van der Waals surface area contributed by atoms with Crippen molar-refractivity contribution in [1.82, 2.24) is 14.5 Å². The molecule has 5 heteroatoms. The fourth-order valence-corrected chi connectivity index (χ4v) is 3.55. The predicted octanol–water partition coefficient (Wildman–Crippen LogP) is 3.51. The molecule has 1 aliphatic carbocycles. The standard InChI is InChI=1S/C16H15BrN4/c17-12-8-14-15(19-9-12)21(16(18)20-14)13-6-5-10-3-1-2-4-11(10)7-13/h1-4,8-9,13H,5-7H2,(H2,18,20). The lowest BCUT2D eigenvalue weighted by Gasteiger charge is -2.26. The van der Waals surface area contributed by atoms with Crippen LogP contribution in [0.15, 0.2) is 41.0 Å². The van der Waals surface area contributed by atoms with E-state index in [0.717, 1.165) is 34.9 Å². The second-order valence-electron chi connectivity index (χ2n) is 5.50. The number of nitrogen functional groups attached to an aromatic ring is 1. The van der Waals surface area contributed by atoms with Crippen molar-refractivity contribution < 1.29 is 0 Å². The number of anilines is 1.